The van der Waals surface area contributed by atoms with Crippen LogP contribution in [0, 0.1) is 12.3 Å². The second kappa shape index (κ2) is 14.5. The monoisotopic (exact) mass is 506 g/mol. The Morgan fingerprint density at radius 2 is 1.84 bits per heavy atom. The standard InChI is InChI=1S/C25H32FN.C7H13N.C2H6/c1-6-25(15-10-16-25)23(20-11-8-7-9-12-20)27-19(3)22-14-13-21(17-18(22)2)24(4,5)26;1-2-4-7-5-3-6-8-7;1-2/h7-9,11-14,17,23,27H,3,6,10,15-16H2,1-2,4-5H3;2,7-8H,1,3-6H2;1-2H3. The molecule has 0 spiro atoms. The van der Waals surface area contributed by atoms with E-state index >= 15 is 0 Å². The van der Waals surface area contributed by atoms with Gasteiger partial charge < -0.3 is 10.6 Å². The molecule has 1 saturated heterocycles. The predicted molar refractivity (Wildman–Crippen MR) is 160 cm³/mol. The number of rotatable bonds is 9. The maximum atomic E-state index is 14.3. The predicted octanol–water partition coefficient (Wildman–Crippen LogP) is 9.42. The molecule has 2 aliphatic rings. The molecule has 2 unspecified atom stereocenters. The quantitative estimate of drug-likeness (QED) is 0.331. The molecule has 1 saturated carbocycles. The molecule has 2 atom stereocenters. The van der Waals surface area contributed by atoms with Crippen LogP contribution in [0.3, 0.4) is 0 Å². The Hall–Kier alpha value is -2.39. The lowest BCUT2D eigenvalue weighted by Crippen LogP contribution is -2.42. The summed E-state index contributed by atoms with van der Waals surface area (Å²) in [6.45, 7) is 20.8. The summed E-state index contributed by atoms with van der Waals surface area (Å²) in [5, 5.41) is 7.14. The Labute approximate surface area is 226 Å². The van der Waals surface area contributed by atoms with Gasteiger partial charge in [-0.1, -0.05) is 88.4 Å². The maximum absolute atomic E-state index is 14.3. The minimum Gasteiger partial charge on any atom is -0.378 e. The third kappa shape index (κ3) is 8.30. The third-order valence-corrected chi connectivity index (χ3v) is 7.97. The second-order valence-electron chi connectivity index (χ2n) is 10.9. The molecule has 2 aromatic rings. The Bertz CT molecular complexity index is 958. The lowest BCUT2D eigenvalue weighted by Gasteiger charge is -2.48. The minimum absolute atomic E-state index is 0.252. The molecule has 204 valence electrons. The smallest absolute Gasteiger partial charge is 0.130 e. The lowest BCUT2D eigenvalue weighted by molar-refractivity contribution is 0.0767. The molecule has 1 aliphatic carbocycles. The van der Waals surface area contributed by atoms with Gasteiger partial charge in [0.2, 0.25) is 0 Å². The van der Waals surface area contributed by atoms with Crippen LogP contribution in [-0.4, -0.2) is 12.6 Å². The molecular weight excluding hydrogens is 455 g/mol. The second-order valence-corrected chi connectivity index (χ2v) is 10.9. The molecule has 0 aromatic heterocycles. The summed E-state index contributed by atoms with van der Waals surface area (Å²) in [6.07, 6.45) is 10.8. The van der Waals surface area contributed by atoms with Gasteiger partial charge in [-0.25, -0.2) is 4.39 Å². The van der Waals surface area contributed by atoms with Crippen molar-refractivity contribution < 1.29 is 4.39 Å². The SMILES string of the molecule is C=C(NC(c1ccccc1)C1(CC)CCC1)c1ccc(C(C)(C)F)cc1C.C=CCC1CCCN1.CC. The van der Waals surface area contributed by atoms with Crippen molar-refractivity contribution in [3.8, 4) is 0 Å². The Morgan fingerprint density at radius 3 is 2.30 bits per heavy atom. The van der Waals surface area contributed by atoms with E-state index in [2.05, 4.69) is 61.0 Å². The fourth-order valence-electron chi connectivity index (χ4n) is 5.50. The fourth-order valence-corrected chi connectivity index (χ4v) is 5.50. The van der Waals surface area contributed by atoms with Crippen molar-refractivity contribution >= 4 is 5.70 Å². The molecule has 1 heterocycles. The first-order valence-corrected chi connectivity index (χ1v) is 14.4. The summed E-state index contributed by atoms with van der Waals surface area (Å²) in [4.78, 5) is 0. The number of halogens is 1. The normalized spacial score (nSPS) is 18.7. The number of hydrogen-bond acceptors (Lipinski definition) is 2. The molecule has 0 bridgehead atoms. The van der Waals surface area contributed by atoms with E-state index in [0.717, 1.165) is 35.7 Å². The third-order valence-electron chi connectivity index (χ3n) is 7.97. The summed E-state index contributed by atoms with van der Waals surface area (Å²) in [5.41, 5.74) is 4.03. The van der Waals surface area contributed by atoms with Crippen LogP contribution in [0.4, 0.5) is 4.39 Å². The molecule has 3 heteroatoms. The van der Waals surface area contributed by atoms with Crippen molar-refractivity contribution in [1.29, 1.82) is 0 Å². The van der Waals surface area contributed by atoms with Gasteiger partial charge in [0.15, 0.2) is 0 Å². The molecule has 2 aromatic carbocycles. The number of alkyl halides is 1. The van der Waals surface area contributed by atoms with Gasteiger partial charge in [0.25, 0.3) is 0 Å². The first kappa shape index (κ1) is 30.8. The van der Waals surface area contributed by atoms with Crippen LogP contribution in [0.5, 0.6) is 0 Å². The van der Waals surface area contributed by atoms with E-state index in [1.165, 1.54) is 44.2 Å². The molecular formula is C34H51FN2. The fraction of sp³-hybridized carbons (Fsp3) is 0.529. The lowest BCUT2D eigenvalue weighted by atomic mass is 9.61. The van der Waals surface area contributed by atoms with Crippen molar-refractivity contribution in [2.45, 2.75) is 104 Å². The van der Waals surface area contributed by atoms with Gasteiger partial charge >= 0.3 is 0 Å². The van der Waals surface area contributed by atoms with Crippen molar-refractivity contribution in [3.63, 3.8) is 0 Å². The average Bonchev–Trinajstić information content (AvgIpc) is 3.38. The highest BCUT2D eigenvalue weighted by Crippen LogP contribution is 2.53. The highest BCUT2D eigenvalue weighted by Gasteiger charge is 2.43. The number of hydrogen-bond donors (Lipinski definition) is 2. The average molecular weight is 507 g/mol. The van der Waals surface area contributed by atoms with Crippen LogP contribution in [0.25, 0.3) is 5.70 Å². The summed E-state index contributed by atoms with van der Waals surface area (Å²) < 4.78 is 14.3. The van der Waals surface area contributed by atoms with Crippen LogP contribution in [0.2, 0.25) is 0 Å². The zero-order valence-electron chi connectivity index (χ0n) is 24.3. The van der Waals surface area contributed by atoms with Crippen molar-refractivity contribution in [2.24, 2.45) is 5.41 Å². The molecule has 4 rings (SSSR count). The molecule has 2 fully saturated rings. The van der Waals surface area contributed by atoms with Crippen LogP contribution in [0.15, 0.2) is 67.8 Å². The van der Waals surface area contributed by atoms with Crippen LogP contribution < -0.4 is 10.6 Å². The summed E-state index contributed by atoms with van der Waals surface area (Å²) >= 11 is 0. The van der Waals surface area contributed by atoms with E-state index in [1.54, 1.807) is 13.8 Å². The van der Waals surface area contributed by atoms with Crippen LogP contribution in [0.1, 0.15) is 108 Å². The largest absolute Gasteiger partial charge is 0.378 e. The molecule has 0 radical (unpaired) electrons. The molecule has 37 heavy (non-hydrogen) atoms. The highest BCUT2D eigenvalue weighted by molar-refractivity contribution is 5.66. The van der Waals surface area contributed by atoms with E-state index in [0.29, 0.717) is 11.0 Å². The van der Waals surface area contributed by atoms with E-state index in [9.17, 15) is 4.39 Å². The number of benzene rings is 2. The zero-order valence-corrected chi connectivity index (χ0v) is 24.3. The van der Waals surface area contributed by atoms with Gasteiger partial charge in [0, 0.05) is 11.7 Å². The highest BCUT2D eigenvalue weighted by atomic mass is 19.1. The molecule has 2 nitrogen and oxygen atoms in total. The first-order chi connectivity index (χ1) is 17.7. The molecule has 2 N–H and O–H groups in total. The molecule has 0 amide bonds. The van der Waals surface area contributed by atoms with Gasteiger partial charge in [-0.3, -0.25) is 0 Å². The van der Waals surface area contributed by atoms with Crippen LogP contribution >= 0.6 is 0 Å². The Kier molecular flexibility index (Phi) is 12.1. The van der Waals surface area contributed by atoms with E-state index < -0.39 is 5.67 Å². The van der Waals surface area contributed by atoms with Crippen molar-refractivity contribution in [3.05, 3.63) is 90.0 Å². The van der Waals surface area contributed by atoms with Gasteiger partial charge in [-0.15, -0.1) is 6.58 Å². The Morgan fingerprint density at radius 1 is 1.16 bits per heavy atom. The number of aryl methyl sites for hydroxylation is 1. The first-order valence-electron chi connectivity index (χ1n) is 14.4. The number of nitrogens with one attached hydrogen (secondary N) is 2. The minimum atomic E-state index is -1.33. The van der Waals surface area contributed by atoms with E-state index in [-0.39, 0.29) is 6.04 Å². The summed E-state index contributed by atoms with van der Waals surface area (Å²) in [7, 11) is 0. The van der Waals surface area contributed by atoms with Crippen molar-refractivity contribution in [1.82, 2.24) is 10.6 Å². The van der Waals surface area contributed by atoms with Crippen LogP contribution in [-0.2, 0) is 5.67 Å². The van der Waals surface area contributed by atoms with Crippen molar-refractivity contribution in [2.75, 3.05) is 6.54 Å². The van der Waals surface area contributed by atoms with Gasteiger partial charge in [-0.05, 0) is 93.5 Å². The summed E-state index contributed by atoms with van der Waals surface area (Å²) in [6, 6.07) is 17.5. The summed E-state index contributed by atoms with van der Waals surface area (Å²) in [5.74, 6) is 0. The van der Waals surface area contributed by atoms with Gasteiger partial charge in [0.1, 0.15) is 5.67 Å². The zero-order chi connectivity index (χ0) is 27.5. The van der Waals surface area contributed by atoms with Gasteiger partial charge in [0.05, 0.1) is 6.04 Å². The topological polar surface area (TPSA) is 24.1 Å². The molecule has 1 aliphatic heterocycles. The maximum Gasteiger partial charge on any atom is 0.130 e. The van der Waals surface area contributed by atoms with E-state index in [4.69, 9.17) is 0 Å². The van der Waals surface area contributed by atoms with Gasteiger partial charge in [-0.2, -0.15) is 0 Å². The van der Waals surface area contributed by atoms with E-state index in [1.807, 2.05) is 45.0 Å². The Balaban J connectivity index is 0.000000406.